The van der Waals surface area contributed by atoms with Crippen LogP contribution >= 0.6 is 0 Å². The van der Waals surface area contributed by atoms with E-state index in [-0.39, 0.29) is 18.2 Å². The Balaban J connectivity index is 1.37. The van der Waals surface area contributed by atoms with Crippen LogP contribution in [0, 0.1) is 5.82 Å². The number of aliphatic hydroxyl groups is 2. The Morgan fingerprint density at radius 3 is 2.47 bits per heavy atom. The normalized spacial score (nSPS) is 12.1. The van der Waals surface area contributed by atoms with Crippen molar-refractivity contribution in [1.29, 1.82) is 0 Å². The van der Waals surface area contributed by atoms with Crippen LogP contribution in [-0.2, 0) is 30.8 Å². The van der Waals surface area contributed by atoms with Crippen LogP contribution in [0.15, 0.2) is 66.7 Å². The van der Waals surface area contributed by atoms with E-state index in [0.717, 1.165) is 24.0 Å². The van der Waals surface area contributed by atoms with Crippen LogP contribution < -0.4 is 5.32 Å². The molecule has 170 valence electrons. The van der Waals surface area contributed by atoms with Crippen molar-refractivity contribution in [2.75, 3.05) is 19.7 Å². The summed E-state index contributed by atoms with van der Waals surface area (Å²) in [6, 6.07) is 19.4. The van der Waals surface area contributed by atoms with E-state index in [1.165, 1.54) is 23.8 Å². The van der Waals surface area contributed by atoms with Crippen LogP contribution in [0.5, 0.6) is 5.75 Å². The highest BCUT2D eigenvalue weighted by molar-refractivity contribution is 5.36. The molecule has 0 saturated carbocycles. The minimum Gasteiger partial charge on any atom is -0.508 e. The van der Waals surface area contributed by atoms with Gasteiger partial charge in [-0.15, -0.1) is 0 Å². The summed E-state index contributed by atoms with van der Waals surface area (Å²) in [4.78, 5) is 0. The summed E-state index contributed by atoms with van der Waals surface area (Å²) in [5, 5.41) is 32.4. The fourth-order valence-corrected chi connectivity index (χ4v) is 3.43. The van der Waals surface area contributed by atoms with Crippen molar-refractivity contribution in [2.45, 2.75) is 32.2 Å². The Bertz CT molecular complexity index is 978. The molecule has 4 N–H and O–H groups in total. The van der Waals surface area contributed by atoms with Gasteiger partial charge in [-0.25, -0.2) is 4.39 Å². The van der Waals surface area contributed by atoms with E-state index in [2.05, 4.69) is 17.4 Å². The van der Waals surface area contributed by atoms with E-state index in [0.29, 0.717) is 37.4 Å². The SMILES string of the molecule is OCc1cc(C(O)CNCCc2cccc(COCCc3ccc(F)cc3)c2)ccc1O. The lowest BCUT2D eigenvalue weighted by Gasteiger charge is -2.14. The van der Waals surface area contributed by atoms with E-state index in [9.17, 15) is 19.7 Å². The molecular formula is C26H30FNO4. The predicted molar refractivity (Wildman–Crippen MR) is 122 cm³/mol. The summed E-state index contributed by atoms with van der Waals surface area (Å²) in [5.41, 5.74) is 4.38. The summed E-state index contributed by atoms with van der Waals surface area (Å²) in [5.74, 6) is -0.206. The molecule has 0 aliphatic rings. The van der Waals surface area contributed by atoms with Gasteiger partial charge in [-0.05, 0) is 65.9 Å². The maximum Gasteiger partial charge on any atom is 0.123 e. The van der Waals surface area contributed by atoms with Gasteiger partial charge in [0, 0.05) is 12.1 Å². The molecule has 0 bridgehead atoms. The molecule has 0 heterocycles. The number of rotatable bonds is 12. The van der Waals surface area contributed by atoms with E-state index in [1.54, 1.807) is 24.3 Å². The standard InChI is InChI=1S/C26H30FNO4/c27-24-7-4-19(5-8-24)11-13-32-18-21-3-1-2-20(14-21)10-12-28-16-26(31)22-6-9-25(30)23(15-22)17-29/h1-9,14-15,26,28-31H,10-13,16-18H2. The average Bonchev–Trinajstić information content (AvgIpc) is 2.81. The topological polar surface area (TPSA) is 82.0 Å². The number of aromatic hydroxyl groups is 1. The number of aliphatic hydroxyl groups excluding tert-OH is 2. The quantitative estimate of drug-likeness (QED) is 0.324. The lowest BCUT2D eigenvalue weighted by Crippen LogP contribution is -2.23. The molecular weight excluding hydrogens is 409 g/mol. The summed E-state index contributed by atoms with van der Waals surface area (Å²) < 4.78 is 18.7. The fraction of sp³-hybridized carbons (Fsp3) is 0.308. The zero-order chi connectivity index (χ0) is 22.8. The summed E-state index contributed by atoms with van der Waals surface area (Å²) in [7, 11) is 0. The number of nitrogens with one attached hydrogen (secondary N) is 1. The molecule has 1 unspecified atom stereocenters. The van der Waals surface area contributed by atoms with Gasteiger partial charge in [0.1, 0.15) is 11.6 Å². The molecule has 6 heteroatoms. The molecule has 3 aromatic carbocycles. The van der Waals surface area contributed by atoms with Crippen LogP contribution in [0.1, 0.15) is 33.9 Å². The monoisotopic (exact) mass is 439 g/mol. The molecule has 0 aliphatic carbocycles. The van der Waals surface area contributed by atoms with Crippen LogP contribution in [0.4, 0.5) is 4.39 Å². The second kappa shape index (κ2) is 12.3. The first-order valence-electron chi connectivity index (χ1n) is 10.8. The van der Waals surface area contributed by atoms with Crippen molar-refractivity contribution in [3.63, 3.8) is 0 Å². The number of hydrogen-bond donors (Lipinski definition) is 4. The van der Waals surface area contributed by atoms with Crippen LogP contribution in [0.2, 0.25) is 0 Å². The largest absolute Gasteiger partial charge is 0.508 e. The third-order valence-electron chi connectivity index (χ3n) is 5.30. The van der Waals surface area contributed by atoms with Crippen molar-refractivity contribution in [3.05, 3.63) is 100 Å². The molecule has 1 atom stereocenters. The third-order valence-corrected chi connectivity index (χ3v) is 5.30. The number of halogens is 1. The molecule has 0 aromatic heterocycles. The first-order chi connectivity index (χ1) is 15.5. The van der Waals surface area contributed by atoms with Crippen LogP contribution in [0.25, 0.3) is 0 Å². The highest BCUT2D eigenvalue weighted by Gasteiger charge is 2.10. The Morgan fingerprint density at radius 1 is 0.906 bits per heavy atom. The number of ether oxygens (including phenoxy) is 1. The molecule has 0 amide bonds. The van der Waals surface area contributed by atoms with Gasteiger partial charge in [-0.2, -0.15) is 0 Å². The lowest BCUT2D eigenvalue weighted by molar-refractivity contribution is 0.124. The fourth-order valence-electron chi connectivity index (χ4n) is 3.43. The molecule has 0 radical (unpaired) electrons. The summed E-state index contributed by atoms with van der Waals surface area (Å²) in [6.07, 6.45) is 0.836. The number of hydrogen-bond acceptors (Lipinski definition) is 5. The maximum absolute atomic E-state index is 12.9. The maximum atomic E-state index is 12.9. The highest BCUT2D eigenvalue weighted by atomic mass is 19.1. The molecule has 5 nitrogen and oxygen atoms in total. The van der Waals surface area contributed by atoms with Crippen LogP contribution in [-0.4, -0.2) is 35.0 Å². The third kappa shape index (κ3) is 7.43. The first-order valence-corrected chi connectivity index (χ1v) is 10.8. The van der Waals surface area contributed by atoms with Gasteiger partial charge < -0.3 is 25.4 Å². The Morgan fingerprint density at radius 2 is 1.69 bits per heavy atom. The average molecular weight is 440 g/mol. The Hall–Kier alpha value is -2.77. The van der Waals surface area contributed by atoms with Gasteiger partial charge in [-0.3, -0.25) is 0 Å². The van der Waals surface area contributed by atoms with E-state index in [4.69, 9.17) is 4.74 Å². The van der Waals surface area contributed by atoms with E-state index < -0.39 is 6.10 Å². The van der Waals surface area contributed by atoms with Gasteiger partial charge in [0.2, 0.25) is 0 Å². The number of benzene rings is 3. The van der Waals surface area contributed by atoms with Crippen molar-refractivity contribution >= 4 is 0 Å². The molecule has 0 aliphatic heterocycles. The highest BCUT2D eigenvalue weighted by Crippen LogP contribution is 2.22. The molecule has 0 spiro atoms. The Labute approximate surface area is 188 Å². The van der Waals surface area contributed by atoms with Gasteiger partial charge in [-0.1, -0.05) is 42.5 Å². The summed E-state index contributed by atoms with van der Waals surface area (Å²) in [6.45, 7) is 1.91. The molecule has 0 fully saturated rings. The molecule has 32 heavy (non-hydrogen) atoms. The first kappa shape index (κ1) is 23.9. The van der Waals surface area contributed by atoms with Gasteiger partial charge in [0.25, 0.3) is 0 Å². The summed E-state index contributed by atoms with van der Waals surface area (Å²) >= 11 is 0. The van der Waals surface area contributed by atoms with Crippen LogP contribution in [0.3, 0.4) is 0 Å². The molecule has 0 saturated heterocycles. The van der Waals surface area contributed by atoms with Crippen molar-refractivity contribution in [1.82, 2.24) is 5.32 Å². The van der Waals surface area contributed by atoms with Gasteiger partial charge in [0.05, 0.1) is 25.9 Å². The lowest BCUT2D eigenvalue weighted by atomic mass is 10.0. The zero-order valence-electron chi connectivity index (χ0n) is 18.0. The van der Waals surface area contributed by atoms with Gasteiger partial charge in [0.15, 0.2) is 0 Å². The van der Waals surface area contributed by atoms with E-state index >= 15 is 0 Å². The Kier molecular flexibility index (Phi) is 9.19. The smallest absolute Gasteiger partial charge is 0.123 e. The minimum atomic E-state index is -0.721. The van der Waals surface area contributed by atoms with Gasteiger partial charge >= 0.3 is 0 Å². The van der Waals surface area contributed by atoms with E-state index in [1.807, 2.05) is 12.1 Å². The van der Waals surface area contributed by atoms with Crippen molar-refractivity contribution in [3.8, 4) is 5.75 Å². The second-order valence-corrected chi connectivity index (χ2v) is 7.77. The molecule has 3 rings (SSSR count). The second-order valence-electron chi connectivity index (χ2n) is 7.77. The van der Waals surface area contributed by atoms with Crippen molar-refractivity contribution < 1.29 is 24.4 Å². The zero-order valence-corrected chi connectivity index (χ0v) is 18.0. The number of phenols is 1. The minimum absolute atomic E-state index is 0.0238. The van der Waals surface area contributed by atoms with Crippen molar-refractivity contribution in [2.24, 2.45) is 0 Å². The predicted octanol–water partition coefficient (Wildman–Crippen LogP) is 3.65. The molecule has 3 aromatic rings.